The lowest BCUT2D eigenvalue weighted by molar-refractivity contribution is 0.199. The molecule has 18 heavy (non-hydrogen) atoms. The first-order chi connectivity index (χ1) is 8.77. The van der Waals surface area contributed by atoms with E-state index in [1.165, 1.54) is 12.1 Å². The number of hydrogen-bond acceptors (Lipinski definition) is 3. The van der Waals surface area contributed by atoms with Gasteiger partial charge in [0.05, 0.1) is 13.2 Å². The minimum Gasteiger partial charge on any atom is -0.493 e. The molecule has 0 saturated heterocycles. The van der Waals surface area contributed by atoms with Crippen LogP contribution >= 0.6 is 0 Å². The van der Waals surface area contributed by atoms with Crippen LogP contribution in [0.3, 0.4) is 0 Å². The Morgan fingerprint density at radius 2 is 2.22 bits per heavy atom. The van der Waals surface area contributed by atoms with Crippen LogP contribution in [-0.2, 0) is 11.3 Å². The smallest absolute Gasteiger partial charge is 0.123 e. The zero-order chi connectivity index (χ0) is 13.2. The van der Waals surface area contributed by atoms with E-state index in [0.29, 0.717) is 25.5 Å². The van der Waals surface area contributed by atoms with E-state index < -0.39 is 0 Å². The predicted octanol–water partition coefficient (Wildman–Crippen LogP) is 2.52. The zero-order valence-corrected chi connectivity index (χ0v) is 10.7. The third kappa shape index (κ3) is 5.29. The molecule has 1 aromatic rings. The molecule has 0 bridgehead atoms. The van der Waals surface area contributed by atoms with Gasteiger partial charge in [-0.05, 0) is 24.6 Å². The van der Waals surface area contributed by atoms with Gasteiger partial charge in [-0.25, -0.2) is 4.39 Å². The number of hydrogen-bond donors (Lipinski definition) is 1. The van der Waals surface area contributed by atoms with Gasteiger partial charge in [0.1, 0.15) is 11.6 Å². The van der Waals surface area contributed by atoms with E-state index >= 15 is 0 Å². The van der Waals surface area contributed by atoms with E-state index in [1.54, 1.807) is 19.3 Å². The maximum atomic E-state index is 13.2. The molecular weight excluding hydrogens is 233 g/mol. The number of rotatable bonds is 9. The summed E-state index contributed by atoms with van der Waals surface area (Å²) < 4.78 is 23.7. The molecule has 0 atom stereocenters. The van der Waals surface area contributed by atoms with Crippen molar-refractivity contribution in [3.05, 3.63) is 42.2 Å². The Bertz CT molecular complexity index is 369. The Morgan fingerprint density at radius 1 is 1.39 bits per heavy atom. The first-order valence-corrected chi connectivity index (χ1v) is 5.99. The van der Waals surface area contributed by atoms with Crippen molar-refractivity contribution in [2.24, 2.45) is 0 Å². The molecule has 1 N–H and O–H groups in total. The zero-order valence-electron chi connectivity index (χ0n) is 10.7. The highest BCUT2D eigenvalue weighted by Gasteiger charge is 2.05. The van der Waals surface area contributed by atoms with Crippen molar-refractivity contribution in [1.29, 1.82) is 0 Å². The summed E-state index contributed by atoms with van der Waals surface area (Å²) in [4.78, 5) is 0. The maximum Gasteiger partial charge on any atom is 0.123 e. The van der Waals surface area contributed by atoms with Gasteiger partial charge in [0, 0.05) is 25.8 Å². The Kier molecular flexibility index (Phi) is 7.06. The second-order valence-electron chi connectivity index (χ2n) is 3.85. The third-order valence-electron chi connectivity index (χ3n) is 2.40. The van der Waals surface area contributed by atoms with Crippen LogP contribution in [0.5, 0.6) is 5.75 Å². The molecule has 3 nitrogen and oxygen atoms in total. The summed E-state index contributed by atoms with van der Waals surface area (Å²) in [5.41, 5.74) is 0.815. The SMILES string of the molecule is C=CCCOc1ccc(F)cc1CNCCOC. The van der Waals surface area contributed by atoms with Crippen LogP contribution in [0.1, 0.15) is 12.0 Å². The first kappa shape index (κ1) is 14.7. The lowest BCUT2D eigenvalue weighted by atomic mass is 10.2. The highest BCUT2D eigenvalue weighted by molar-refractivity contribution is 5.33. The molecule has 1 rings (SSSR count). The summed E-state index contributed by atoms with van der Waals surface area (Å²) in [5, 5.41) is 3.17. The van der Waals surface area contributed by atoms with E-state index in [-0.39, 0.29) is 5.82 Å². The van der Waals surface area contributed by atoms with Gasteiger partial charge in [-0.15, -0.1) is 6.58 Å². The normalized spacial score (nSPS) is 10.3. The van der Waals surface area contributed by atoms with Crippen molar-refractivity contribution in [3.8, 4) is 5.75 Å². The Balaban J connectivity index is 2.55. The minimum atomic E-state index is -0.255. The van der Waals surface area contributed by atoms with E-state index in [9.17, 15) is 4.39 Å². The van der Waals surface area contributed by atoms with Crippen molar-refractivity contribution < 1.29 is 13.9 Å². The van der Waals surface area contributed by atoms with Crippen LogP contribution in [0, 0.1) is 5.82 Å². The molecule has 4 heteroatoms. The highest BCUT2D eigenvalue weighted by Crippen LogP contribution is 2.19. The van der Waals surface area contributed by atoms with E-state index in [4.69, 9.17) is 9.47 Å². The number of benzene rings is 1. The monoisotopic (exact) mass is 253 g/mol. The van der Waals surface area contributed by atoms with Gasteiger partial charge in [0.2, 0.25) is 0 Å². The summed E-state index contributed by atoms with van der Waals surface area (Å²) in [6, 6.07) is 4.55. The Hall–Kier alpha value is -1.39. The molecular formula is C14H20FNO2. The van der Waals surface area contributed by atoms with Gasteiger partial charge >= 0.3 is 0 Å². The standard InChI is InChI=1S/C14H20FNO2/c1-3-4-8-18-14-6-5-13(15)10-12(14)11-16-7-9-17-2/h3,5-6,10,16H,1,4,7-9,11H2,2H3. The first-order valence-electron chi connectivity index (χ1n) is 5.99. The van der Waals surface area contributed by atoms with E-state index in [0.717, 1.165) is 18.5 Å². The summed E-state index contributed by atoms with van der Waals surface area (Å²) in [5.74, 6) is 0.456. The van der Waals surface area contributed by atoms with Gasteiger partial charge in [0.15, 0.2) is 0 Å². The lowest BCUT2D eigenvalue weighted by Gasteiger charge is -2.11. The molecule has 0 unspecified atom stereocenters. The van der Waals surface area contributed by atoms with Crippen LogP contribution in [0.15, 0.2) is 30.9 Å². The number of ether oxygens (including phenoxy) is 2. The summed E-state index contributed by atoms with van der Waals surface area (Å²) >= 11 is 0. The quantitative estimate of drug-likeness (QED) is 0.542. The van der Waals surface area contributed by atoms with E-state index in [2.05, 4.69) is 11.9 Å². The second kappa shape index (κ2) is 8.66. The molecule has 0 spiro atoms. The Labute approximate surface area is 108 Å². The van der Waals surface area contributed by atoms with Crippen LogP contribution in [0.4, 0.5) is 4.39 Å². The van der Waals surface area contributed by atoms with Crippen molar-refractivity contribution in [3.63, 3.8) is 0 Å². The molecule has 0 heterocycles. The molecule has 0 aliphatic rings. The van der Waals surface area contributed by atoms with Gasteiger partial charge in [-0.1, -0.05) is 6.08 Å². The Morgan fingerprint density at radius 3 is 2.94 bits per heavy atom. The van der Waals surface area contributed by atoms with E-state index in [1.807, 2.05) is 0 Å². The molecule has 0 aliphatic heterocycles. The number of methoxy groups -OCH3 is 1. The van der Waals surface area contributed by atoms with Crippen molar-refractivity contribution >= 4 is 0 Å². The molecule has 0 saturated carbocycles. The molecule has 100 valence electrons. The molecule has 0 radical (unpaired) electrons. The summed E-state index contributed by atoms with van der Waals surface area (Å²) in [6.45, 7) is 6.10. The topological polar surface area (TPSA) is 30.5 Å². The third-order valence-corrected chi connectivity index (χ3v) is 2.40. The van der Waals surface area contributed by atoms with Gasteiger partial charge in [-0.2, -0.15) is 0 Å². The fourth-order valence-electron chi connectivity index (χ4n) is 1.48. The van der Waals surface area contributed by atoms with Crippen molar-refractivity contribution in [1.82, 2.24) is 5.32 Å². The minimum absolute atomic E-state index is 0.255. The highest BCUT2D eigenvalue weighted by atomic mass is 19.1. The van der Waals surface area contributed by atoms with Crippen LogP contribution in [-0.4, -0.2) is 26.9 Å². The average Bonchev–Trinajstić information content (AvgIpc) is 2.37. The largest absolute Gasteiger partial charge is 0.493 e. The van der Waals surface area contributed by atoms with Gasteiger partial charge in [-0.3, -0.25) is 0 Å². The van der Waals surface area contributed by atoms with Crippen LogP contribution < -0.4 is 10.1 Å². The molecule has 0 aromatic heterocycles. The number of halogens is 1. The molecule has 0 amide bonds. The number of nitrogens with one attached hydrogen (secondary N) is 1. The van der Waals surface area contributed by atoms with Crippen LogP contribution in [0.2, 0.25) is 0 Å². The fraction of sp³-hybridized carbons (Fsp3) is 0.429. The van der Waals surface area contributed by atoms with Gasteiger partial charge in [0.25, 0.3) is 0 Å². The second-order valence-corrected chi connectivity index (χ2v) is 3.85. The van der Waals surface area contributed by atoms with Crippen LogP contribution in [0.25, 0.3) is 0 Å². The molecule has 0 aliphatic carbocycles. The molecule has 0 fully saturated rings. The van der Waals surface area contributed by atoms with Gasteiger partial charge < -0.3 is 14.8 Å². The van der Waals surface area contributed by atoms with Crippen molar-refractivity contribution in [2.75, 3.05) is 26.9 Å². The fourth-order valence-corrected chi connectivity index (χ4v) is 1.48. The average molecular weight is 253 g/mol. The lowest BCUT2D eigenvalue weighted by Crippen LogP contribution is -2.19. The summed E-state index contributed by atoms with van der Waals surface area (Å²) in [7, 11) is 1.65. The molecule has 1 aromatic carbocycles. The summed E-state index contributed by atoms with van der Waals surface area (Å²) in [6.07, 6.45) is 2.56. The maximum absolute atomic E-state index is 13.2. The predicted molar refractivity (Wildman–Crippen MR) is 70.3 cm³/mol. The van der Waals surface area contributed by atoms with Crippen molar-refractivity contribution in [2.45, 2.75) is 13.0 Å².